The largest absolute Gasteiger partial charge is 0.397 e. The molecule has 2 heterocycles. The molecule has 0 radical (unpaired) electrons. The highest BCUT2D eigenvalue weighted by molar-refractivity contribution is 14.1. The normalized spacial score (nSPS) is 8.72. The molecule has 0 aliphatic rings. The predicted octanol–water partition coefficient (Wildman–Crippen LogP) is 6.12. The fourth-order valence-corrected chi connectivity index (χ4v) is 2.46. The topological polar surface area (TPSA) is 61.3 Å². The Kier molecular flexibility index (Phi) is 27.7. The van der Waals surface area contributed by atoms with Gasteiger partial charge in [-0.25, -0.2) is 9.97 Å². The number of aliphatic hydroxyl groups is 1. The SMILES string of the molecule is C.CCN(CC)c1ccc(I)cn1.CCNCC.CCO.Clc1ccc(I)cn1. The lowest BCUT2D eigenvalue weighted by atomic mass is 10.4. The van der Waals surface area contributed by atoms with Crippen LogP contribution in [0.25, 0.3) is 0 Å². The Hall–Kier alpha value is -0.230. The summed E-state index contributed by atoms with van der Waals surface area (Å²) in [6, 6.07) is 7.83. The molecule has 2 N–H and O–H groups in total. The molecular formula is C21H37ClI2N4O. The molecule has 0 aliphatic carbocycles. The Morgan fingerprint density at radius 3 is 1.59 bits per heavy atom. The highest BCUT2D eigenvalue weighted by Gasteiger charge is 2.00. The highest BCUT2D eigenvalue weighted by Crippen LogP contribution is 2.11. The summed E-state index contributed by atoms with van der Waals surface area (Å²) in [5, 5.41) is 11.2. The Labute approximate surface area is 210 Å². The van der Waals surface area contributed by atoms with Crippen LogP contribution in [0.3, 0.4) is 0 Å². The molecule has 2 aromatic rings. The van der Waals surface area contributed by atoms with Crippen LogP contribution in [0.15, 0.2) is 36.7 Å². The summed E-state index contributed by atoms with van der Waals surface area (Å²) in [7, 11) is 0. The van der Waals surface area contributed by atoms with Crippen LogP contribution in [0.4, 0.5) is 5.82 Å². The molecule has 0 amide bonds. The van der Waals surface area contributed by atoms with Gasteiger partial charge in [0.05, 0.1) is 0 Å². The molecule has 0 fully saturated rings. The average molecular weight is 651 g/mol. The third kappa shape index (κ3) is 20.8. The van der Waals surface area contributed by atoms with Gasteiger partial charge in [-0.1, -0.05) is 32.9 Å². The summed E-state index contributed by atoms with van der Waals surface area (Å²) in [6.45, 7) is 14.6. The van der Waals surface area contributed by atoms with Crippen LogP contribution in [0.1, 0.15) is 42.0 Å². The minimum atomic E-state index is 0. The lowest BCUT2D eigenvalue weighted by Crippen LogP contribution is -2.22. The lowest BCUT2D eigenvalue weighted by molar-refractivity contribution is 0.318. The van der Waals surface area contributed by atoms with E-state index in [0.29, 0.717) is 5.15 Å². The van der Waals surface area contributed by atoms with Crippen LogP contribution < -0.4 is 10.2 Å². The zero-order valence-corrected chi connectivity index (χ0v) is 22.5. The van der Waals surface area contributed by atoms with Crippen molar-refractivity contribution in [1.29, 1.82) is 0 Å². The quantitative estimate of drug-likeness (QED) is 0.302. The number of aromatic nitrogens is 2. The Bertz CT molecular complexity index is 545. The number of hydrogen-bond acceptors (Lipinski definition) is 5. The van der Waals surface area contributed by atoms with Crippen molar-refractivity contribution in [3.63, 3.8) is 0 Å². The zero-order chi connectivity index (χ0) is 21.8. The summed E-state index contributed by atoms with van der Waals surface area (Å²) < 4.78 is 2.29. The molecule has 2 rings (SSSR count). The van der Waals surface area contributed by atoms with Crippen molar-refractivity contribution in [2.45, 2.75) is 42.0 Å². The number of rotatable bonds is 5. The molecule has 0 spiro atoms. The fraction of sp³-hybridized carbons (Fsp3) is 0.524. The van der Waals surface area contributed by atoms with Crippen LogP contribution in [0.5, 0.6) is 0 Å². The van der Waals surface area contributed by atoms with Crippen molar-refractivity contribution < 1.29 is 5.11 Å². The number of aliphatic hydroxyl groups excluding tert-OH is 1. The molecule has 0 aromatic carbocycles. The minimum absolute atomic E-state index is 0. The molecule has 0 unspecified atom stereocenters. The van der Waals surface area contributed by atoms with Crippen molar-refractivity contribution in [2.75, 3.05) is 37.7 Å². The molecule has 0 saturated carbocycles. The Balaban J connectivity index is -0.000000346. The van der Waals surface area contributed by atoms with E-state index in [4.69, 9.17) is 16.7 Å². The van der Waals surface area contributed by atoms with Crippen molar-refractivity contribution in [2.24, 2.45) is 0 Å². The van der Waals surface area contributed by atoms with Crippen molar-refractivity contribution in [1.82, 2.24) is 15.3 Å². The van der Waals surface area contributed by atoms with Crippen molar-refractivity contribution >= 4 is 62.6 Å². The molecule has 29 heavy (non-hydrogen) atoms. The number of anilines is 1. The molecule has 0 atom stereocenters. The molecule has 5 nitrogen and oxygen atoms in total. The van der Waals surface area contributed by atoms with Gasteiger partial charge in [0.2, 0.25) is 0 Å². The molecule has 168 valence electrons. The number of halogens is 3. The van der Waals surface area contributed by atoms with Crippen LogP contribution in [0.2, 0.25) is 5.15 Å². The second-order valence-corrected chi connectivity index (χ2v) is 7.96. The lowest BCUT2D eigenvalue weighted by Gasteiger charge is -2.19. The average Bonchev–Trinajstić information content (AvgIpc) is 2.69. The molecule has 0 saturated heterocycles. The summed E-state index contributed by atoms with van der Waals surface area (Å²) >= 11 is 9.94. The van der Waals surface area contributed by atoms with Crippen LogP contribution >= 0.6 is 56.8 Å². The van der Waals surface area contributed by atoms with Gasteiger partial charge < -0.3 is 15.3 Å². The van der Waals surface area contributed by atoms with Crippen LogP contribution in [-0.2, 0) is 0 Å². The van der Waals surface area contributed by atoms with E-state index in [1.165, 1.54) is 3.57 Å². The predicted molar refractivity (Wildman–Crippen MR) is 146 cm³/mol. The van der Waals surface area contributed by atoms with Gasteiger partial charge in [-0.05, 0) is 103 Å². The Morgan fingerprint density at radius 2 is 1.34 bits per heavy atom. The maximum atomic E-state index is 7.57. The summed E-state index contributed by atoms with van der Waals surface area (Å²) in [5.74, 6) is 1.07. The number of hydrogen-bond donors (Lipinski definition) is 2. The molecule has 0 aliphatic heterocycles. The maximum Gasteiger partial charge on any atom is 0.129 e. The van der Waals surface area contributed by atoms with Crippen molar-refractivity contribution in [3.8, 4) is 0 Å². The van der Waals surface area contributed by atoms with Crippen LogP contribution in [0, 0.1) is 7.14 Å². The first-order valence-electron chi connectivity index (χ1n) is 9.34. The maximum absolute atomic E-state index is 7.57. The smallest absolute Gasteiger partial charge is 0.129 e. The van der Waals surface area contributed by atoms with E-state index in [1.54, 1.807) is 19.2 Å². The van der Waals surface area contributed by atoms with E-state index in [2.05, 4.69) is 105 Å². The van der Waals surface area contributed by atoms with Gasteiger partial charge in [0.15, 0.2) is 0 Å². The first kappa shape index (κ1) is 33.4. The second-order valence-electron chi connectivity index (χ2n) is 5.08. The number of nitrogens with one attached hydrogen (secondary N) is 1. The minimum Gasteiger partial charge on any atom is -0.397 e. The fourth-order valence-electron chi connectivity index (χ4n) is 1.71. The van der Waals surface area contributed by atoms with Gasteiger partial charge in [-0.15, -0.1) is 0 Å². The monoisotopic (exact) mass is 650 g/mol. The summed E-state index contributed by atoms with van der Waals surface area (Å²) in [4.78, 5) is 10.4. The van der Waals surface area contributed by atoms with Gasteiger partial charge in [-0.2, -0.15) is 0 Å². The Morgan fingerprint density at radius 1 is 0.897 bits per heavy atom. The van der Waals surface area contributed by atoms with E-state index >= 15 is 0 Å². The summed E-state index contributed by atoms with van der Waals surface area (Å²) in [5.41, 5.74) is 0. The van der Waals surface area contributed by atoms with Gasteiger partial charge >= 0.3 is 0 Å². The number of nitrogens with zero attached hydrogens (tertiary/aromatic N) is 3. The molecule has 8 heteroatoms. The van der Waals surface area contributed by atoms with Gasteiger partial charge in [0.1, 0.15) is 11.0 Å². The second kappa shape index (κ2) is 24.0. The first-order chi connectivity index (χ1) is 13.4. The molecular weight excluding hydrogens is 614 g/mol. The zero-order valence-electron chi connectivity index (χ0n) is 17.4. The number of pyridine rings is 2. The standard InChI is InChI=1S/C9H13IN2.C5H3ClIN.C4H11N.C2H6O.CH4/c1-3-12(4-2)9-6-5-8(10)7-11-9;6-5-2-1-4(7)3-8-5;1-3-5-4-2;1-2-3;/h5-7H,3-4H2,1-2H3;1-3H;5H,3-4H2,1-2H3;3H,2H2,1H3;1H4. The highest BCUT2D eigenvalue weighted by atomic mass is 127. The van der Waals surface area contributed by atoms with Crippen LogP contribution in [-0.4, -0.2) is 47.9 Å². The summed E-state index contributed by atoms with van der Waals surface area (Å²) in [6.07, 6.45) is 3.62. The van der Waals surface area contributed by atoms with Gasteiger partial charge in [-0.3, -0.25) is 0 Å². The van der Waals surface area contributed by atoms with E-state index in [-0.39, 0.29) is 14.0 Å². The van der Waals surface area contributed by atoms with Gasteiger partial charge in [0.25, 0.3) is 0 Å². The first-order valence-corrected chi connectivity index (χ1v) is 11.9. The third-order valence-electron chi connectivity index (χ3n) is 2.99. The van der Waals surface area contributed by atoms with E-state index in [9.17, 15) is 0 Å². The van der Waals surface area contributed by atoms with Gasteiger partial charge in [0, 0.05) is 39.2 Å². The molecule has 2 aromatic heterocycles. The van der Waals surface area contributed by atoms with E-state index in [1.807, 2.05) is 12.3 Å². The van der Waals surface area contributed by atoms with Crippen molar-refractivity contribution in [3.05, 3.63) is 49.0 Å². The van der Waals surface area contributed by atoms with E-state index in [0.717, 1.165) is 35.6 Å². The van der Waals surface area contributed by atoms with E-state index < -0.39 is 0 Å². The molecule has 0 bridgehead atoms. The third-order valence-corrected chi connectivity index (χ3v) is 4.49.